The minimum absolute atomic E-state index is 0.322. The number of primary amides is 1. The highest BCUT2D eigenvalue weighted by Gasteiger charge is 2.06. The second-order valence-corrected chi connectivity index (χ2v) is 4.05. The molecular formula is C13H19FN2O. The normalized spacial score (nSPS) is 10.2. The van der Waals surface area contributed by atoms with Gasteiger partial charge in [0.2, 0.25) is 5.91 Å². The van der Waals surface area contributed by atoms with Crippen LogP contribution in [0.4, 0.5) is 10.1 Å². The highest BCUT2D eigenvalue weighted by molar-refractivity contribution is 5.93. The Morgan fingerprint density at radius 3 is 2.76 bits per heavy atom. The lowest BCUT2D eigenvalue weighted by atomic mass is 10.1. The molecule has 17 heavy (non-hydrogen) atoms. The van der Waals surface area contributed by atoms with E-state index in [1.54, 1.807) is 0 Å². The van der Waals surface area contributed by atoms with E-state index in [4.69, 9.17) is 5.73 Å². The molecule has 0 atom stereocenters. The number of unbranched alkanes of at least 4 members (excludes halogenated alkanes) is 3. The highest BCUT2D eigenvalue weighted by Crippen LogP contribution is 2.16. The molecule has 0 aromatic heterocycles. The average molecular weight is 238 g/mol. The first kappa shape index (κ1) is 13.5. The van der Waals surface area contributed by atoms with E-state index in [2.05, 4.69) is 12.2 Å². The number of anilines is 1. The lowest BCUT2D eigenvalue weighted by Gasteiger charge is -2.08. The Labute approximate surface area is 101 Å². The summed E-state index contributed by atoms with van der Waals surface area (Å²) in [7, 11) is 0. The fraction of sp³-hybridized carbons (Fsp3) is 0.462. The molecule has 94 valence electrons. The molecule has 0 unspecified atom stereocenters. The predicted molar refractivity (Wildman–Crippen MR) is 67.5 cm³/mol. The maximum atomic E-state index is 13.4. The van der Waals surface area contributed by atoms with Crippen molar-refractivity contribution in [3.8, 4) is 0 Å². The molecule has 1 amide bonds. The summed E-state index contributed by atoms with van der Waals surface area (Å²) in [6.07, 6.45) is 4.48. The zero-order valence-corrected chi connectivity index (χ0v) is 10.1. The van der Waals surface area contributed by atoms with E-state index in [1.807, 2.05) is 0 Å². The number of hydrogen-bond donors (Lipinski definition) is 2. The molecule has 3 nitrogen and oxygen atoms in total. The van der Waals surface area contributed by atoms with Crippen molar-refractivity contribution >= 4 is 11.6 Å². The number of benzene rings is 1. The lowest BCUT2D eigenvalue weighted by Crippen LogP contribution is -2.12. The maximum Gasteiger partial charge on any atom is 0.248 e. The quantitative estimate of drug-likeness (QED) is 0.717. The molecule has 0 radical (unpaired) electrons. The van der Waals surface area contributed by atoms with E-state index < -0.39 is 5.91 Å². The Morgan fingerprint density at radius 1 is 1.35 bits per heavy atom. The predicted octanol–water partition coefficient (Wildman–Crippen LogP) is 2.92. The van der Waals surface area contributed by atoms with E-state index in [0.717, 1.165) is 12.8 Å². The van der Waals surface area contributed by atoms with Gasteiger partial charge in [-0.1, -0.05) is 26.2 Å². The van der Waals surface area contributed by atoms with Crippen LogP contribution in [0.2, 0.25) is 0 Å². The van der Waals surface area contributed by atoms with Gasteiger partial charge in [0.05, 0.1) is 5.69 Å². The molecule has 0 fully saturated rings. The Hall–Kier alpha value is -1.58. The third-order valence-corrected chi connectivity index (χ3v) is 2.60. The van der Waals surface area contributed by atoms with Crippen LogP contribution in [-0.2, 0) is 0 Å². The van der Waals surface area contributed by atoms with Crippen molar-refractivity contribution in [3.05, 3.63) is 29.6 Å². The summed E-state index contributed by atoms with van der Waals surface area (Å²) in [6.45, 7) is 2.85. The van der Waals surface area contributed by atoms with Gasteiger partial charge >= 0.3 is 0 Å². The molecule has 1 aromatic rings. The van der Waals surface area contributed by atoms with Crippen molar-refractivity contribution in [2.45, 2.75) is 32.6 Å². The number of rotatable bonds is 7. The SMILES string of the molecule is CCCCCCNc1cc(C(N)=O)ccc1F. The van der Waals surface area contributed by atoms with Gasteiger partial charge in [0.1, 0.15) is 5.82 Å². The van der Waals surface area contributed by atoms with Gasteiger partial charge in [-0.3, -0.25) is 4.79 Å². The van der Waals surface area contributed by atoms with Crippen LogP contribution in [0.1, 0.15) is 43.0 Å². The maximum absolute atomic E-state index is 13.4. The molecule has 1 aromatic carbocycles. The summed E-state index contributed by atoms with van der Waals surface area (Å²) >= 11 is 0. The average Bonchev–Trinajstić information content (AvgIpc) is 2.30. The number of amides is 1. The van der Waals surface area contributed by atoms with Gasteiger partial charge in [0, 0.05) is 12.1 Å². The van der Waals surface area contributed by atoms with Crippen molar-refractivity contribution in [3.63, 3.8) is 0 Å². The zero-order chi connectivity index (χ0) is 12.7. The largest absolute Gasteiger partial charge is 0.383 e. The molecule has 0 aliphatic heterocycles. The molecule has 1 rings (SSSR count). The number of halogens is 1. The molecule has 0 aliphatic carbocycles. The number of hydrogen-bond acceptors (Lipinski definition) is 2. The fourth-order valence-corrected chi connectivity index (χ4v) is 1.59. The van der Waals surface area contributed by atoms with Gasteiger partial charge in [0.15, 0.2) is 0 Å². The Balaban J connectivity index is 2.51. The number of nitrogens with one attached hydrogen (secondary N) is 1. The third-order valence-electron chi connectivity index (χ3n) is 2.60. The van der Waals surface area contributed by atoms with Crippen molar-refractivity contribution < 1.29 is 9.18 Å². The zero-order valence-electron chi connectivity index (χ0n) is 10.1. The first-order valence-corrected chi connectivity index (χ1v) is 5.98. The van der Waals surface area contributed by atoms with Crippen LogP contribution in [-0.4, -0.2) is 12.5 Å². The molecule has 0 saturated heterocycles. The number of carbonyl (C=O) groups is 1. The topological polar surface area (TPSA) is 55.1 Å². The van der Waals surface area contributed by atoms with Crippen LogP contribution in [0.3, 0.4) is 0 Å². The summed E-state index contributed by atoms with van der Waals surface area (Å²) in [6, 6.07) is 4.10. The third kappa shape index (κ3) is 4.43. The summed E-state index contributed by atoms with van der Waals surface area (Å²) in [4.78, 5) is 11.0. The number of nitrogens with two attached hydrogens (primary N) is 1. The highest BCUT2D eigenvalue weighted by atomic mass is 19.1. The standard InChI is InChI=1S/C13H19FN2O/c1-2-3-4-5-8-16-12-9-10(13(15)17)6-7-11(12)14/h6-7,9,16H,2-5,8H2,1H3,(H2,15,17). The van der Waals surface area contributed by atoms with Gasteiger partial charge in [0.25, 0.3) is 0 Å². The molecule has 0 spiro atoms. The molecule has 3 N–H and O–H groups in total. The minimum Gasteiger partial charge on any atom is -0.383 e. The van der Waals surface area contributed by atoms with Crippen LogP contribution in [0, 0.1) is 5.82 Å². The smallest absolute Gasteiger partial charge is 0.248 e. The fourth-order valence-electron chi connectivity index (χ4n) is 1.59. The molecular weight excluding hydrogens is 219 g/mol. The summed E-state index contributed by atoms with van der Waals surface area (Å²) in [5.41, 5.74) is 5.80. The van der Waals surface area contributed by atoms with Crippen molar-refractivity contribution in [2.75, 3.05) is 11.9 Å². The number of carbonyl (C=O) groups excluding carboxylic acids is 1. The molecule has 0 saturated carbocycles. The van der Waals surface area contributed by atoms with E-state index in [1.165, 1.54) is 31.0 Å². The van der Waals surface area contributed by atoms with Crippen LogP contribution in [0.25, 0.3) is 0 Å². The van der Waals surface area contributed by atoms with Gasteiger partial charge in [-0.25, -0.2) is 4.39 Å². The first-order chi connectivity index (χ1) is 8.15. The van der Waals surface area contributed by atoms with Gasteiger partial charge in [-0.05, 0) is 24.6 Å². The summed E-state index contributed by atoms with van der Waals surface area (Å²) < 4.78 is 13.4. The van der Waals surface area contributed by atoms with E-state index in [-0.39, 0.29) is 5.82 Å². The van der Waals surface area contributed by atoms with Crippen molar-refractivity contribution in [1.82, 2.24) is 0 Å². The van der Waals surface area contributed by atoms with Crippen LogP contribution in [0.5, 0.6) is 0 Å². The molecule has 0 aliphatic rings. The Bertz CT molecular complexity index is 380. The first-order valence-electron chi connectivity index (χ1n) is 5.98. The second-order valence-electron chi connectivity index (χ2n) is 4.05. The van der Waals surface area contributed by atoms with Gasteiger partial charge in [-0.2, -0.15) is 0 Å². The Morgan fingerprint density at radius 2 is 2.12 bits per heavy atom. The summed E-state index contributed by atoms with van der Waals surface area (Å²) in [5, 5.41) is 2.98. The van der Waals surface area contributed by atoms with E-state index in [0.29, 0.717) is 17.8 Å². The molecule has 4 heteroatoms. The van der Waals surface area contributed by atoms with E-state index >= 15 is 0 Å². The van der Waals surface area contributed by atoms with Crippen molar-refractivity contribution in [1.29, 1.82) is 0 Å². The van der Waals surface area contributed by atoms with Crippen LogP contribution < -0.4 is 11.1 Å². The minimum atomic E-state index is -0.543. The Kier molecular flexibility index (Phi) is 5.46. The van der Waals surface area contributed by atoms with Gasteiger partial charge in [-0.15, -0.1) is 0 Å². The second kappa shape index (κ2) is 6.89. The molecule has 0 heterocycles. The van der Waals surface area contributed by atoms with Crippen molar-refractivity contribution in [2.24, 2.45) is 5.73 Å². The monoisotopic (exact) mass is 238 g/mol. The lowest BCUT2D eigenvalue weighted by molar-refractivity contribution is 0.100. The van der Waals surface area contributed by atoms with E-state index in [9.17, 15) is 9.18 Å². The van der Waals surface area contributed by atoms with Gasteiger partial charge < -0.3 is 11.1 Å². The van der Waals surface area contributed by atoms with Crippen LogP contribution in [0.15, 0.2) is 18.2 Å². The van der Waals surface area contributed by atoms with Crippen LogP contribution >= 0.6 is 0 Å². The molecule has 0 bridgehead atoms. The summed E-state index contributed by atoms with van der Waals surface area (Å²) in [5.74, 6) is -0.899.